The molecule has 0 aliphatic carbocycles. The van der Waals surface area contributed by atoms with Gasteiger partial charge in [0.1, 0.15) is 5.01 Å². The van der Waals surface area contributed by atoms with Gasteiger partial charge in [0.15, 0.2) is 0 Å². The van der Waals surface area contributed by atoms with Gasteiger partial charge in [-0.15, -0.1) is 11.3 Å². The fourth-order valence-electron chi connectivity index (χ4n) is 2.31. The van der Waals surface area contributed by atoms with Crippen LogP contribution in [0, 0.1) is 13.8 Å². The Morgan fingerprint density at radius 2 is 1.86 bits per heavy atom. The number of rotatable bonds is 5. The highest BCUT2D eigenvalue weighted by atomic mass is 32.2. The van der Waals surface area contributed by atoms with E-state index in [1.807, 2.05) is 24.6 Å². The predicted molar refractivity (Wildman–Crippen MR) is 86.3 cm³/mol. The molecule has 1 atom stereocenters. The molecular weight excluding hydrogens is 306 g/mol. The standard InChI is InChI=1S/C14H19N3O2S2/c1-9-7-12(15-4)8-10(2)13(9)21(18,19)17-11(3)14-16-5-6-20-14/h5-8,11,15,17H,1-4H3. The van der Waals surface area contributed by atoms with Crippen molar-refractivity contribution in [3.8, 4) is 0 Å². The molecule has 0 fully saturated rings. The molecular formula is C14H19N3O2S2. The van der Waals surface area contributed by atoms with Crippen LogP contribution in [0.2, 0.25) is 0 Å². The van der Waals surface area contributed by atoms with Crippen molar-refractivity contribution in [3.05, 3.63) is 39.8 Å². The second kappa shape index (κ2) is 6.13. The van der Waals surface area contributed by atoms with E-state index < -0.39 is 10.0 Å². The van der Waals surface area contributed by atoms with Crippen molar-refractivity contribution >= 4 is 27.0 Å². The average Bonchev–Trinajstić information content (AvgIpc) is 2.90. The summed E-state index contributed by atoms with van der Waals surface area (Å²) in [5, 5.41) is 5.61. The number of hydrogen-bond donors (Lipinski definition) is 2. The summed E-state index contributed by atoms with van der Waals surface area (Å²) in [6.07, 6.45) is 1.67. The average molecular weight is 325 g/mol. The Labute approximate surface area is 129 Å². The minimum Gasteiger partial charge on any atom is -0.388 e. The lowest BCUT2D eigenvalue weighted by molar-refractivity contribution is 0.565. The van der Waals surface area contributed by atoms with E-state index in [0.29, 0.717) is 4.90 Å². The monoisotopic (exact) mass is 325 g/mol. The van der Waals surface area contributed by atoms with E-state index in [2.05, 4.69) is 15.0 Å². The molecule has 5 nitrogen and oxygen atoms in total. The molecule has 21 heavy (non-hydrogen) atoms. The Kier molecular flexibility index (Phi) is 4.65. The SMILES string of the molecule is CNc1cc(C)c(S(=O)(=O)NC(C)c2nccs2)c(C)c1. The molecule has 0 amide bonds. The topological polar surface area (TPSA) is 71.1 Å². The number of aromatic nitrogens is 1. The van der Waals surface area contributed by atoms with Crippen molar-refractivity contribution in [2.75, 3.05) is 12.4 Å². The van der Waals surface area contributed by atoms with Gasteiger partial charge in [-0.1, -0.05) is 0 Å². The van der Waals surface area contributed by atoms with E-state index in [0.717, 1.165) is 21.8 Å². The van der Waals surface area contributed by atoms with Gasteiger partial charge in [0, 0.05) is 24.3 Å². The molecule has 0 aliphatic heterocycles. The van der Waals surface area contributed by atoms with Crippen molar-refractivity contribution < 1.29 is 8.42 Å². The molecule has 0 radical (unpaired) electrons. The molecule has 0 aliphatic rings. The van der Waals surface area contributed by atoms with Gasteiger partial charge < -0.3 is 5.32 Å². The third kappa shape index (κ3) is 3.42. The predicted octanol–water partition coefficient (Wildman–Crippen LogP) is 2.84. The largest absolute Gasteiger partial charge is 0.388 e. The number of aryl methyl sites for hydroxylation is 2. The fourth-order valence-corrected chi connectivity index (χ4v) is 4.69. The molecule has 2 rings (SSSR count). The number of nitrogens with zero attached hydrogens (tertiary/aromatic N) is 1. The zero-order chi connectivity index (χ0) is 15.6. The maximum Gasteiger partial charge on any atom is 0.241 e. The Hall–Kier alpha value is -1.44. The van der Waals surface area contributed by atoms with Crippen LogP contribution in [0.5, 0.6) is 0 Å². The number of hydrogen-bond acceptors (Lipinski definition) is 5. The third-order valence-electron chi connectivity index (χ3n) is 3.17. The molecule has 0 spiro atoms. The normalized spacial score (nSPS) is 13.1. The quantitative estimate of drug-likeness (QED) is 0.887. The second-order valence-electron chi connectivity index (χ2n) is 4.90. The van der Waals surface area contributed by atoms with Crippen LogP contribution in [0.25, 0.3) is 0 Å². The summed E-state index contributed by atoms with van der Waals surface area (Å²) in [6, 6.07) is 3.31. The van der Waals surface area contributed by atoms with E-state index in [9.17, 15) is 8.42 Å². The molecule has 1 aromatic carbocycles. The highest BCUT2D eigenvalue weighted by Crippen LogP contribution is 2.26. The lowest BCUT2D eigenvalue weighted by Gasteiger charge is -2.16. The summed E-state index contributed by atoms with van der Waals surface area (Å²) in [7, 11) is -1.77. The zero-order valence-corrected chi connectivity index (χ0v) is 14.1. The number of anilines is 1. The molecule has 1 unspecified atom stereocenters. The zero-order valence-electron chi connectivity index (χ0n) is 12.5. The Morgan fingerprint density at radius 3 is 2.33 bits per heavy atom. The third-order valence-corrected chi connectivity index (χ3v) is 5.98. The van der Waals surface area contributed by atoms with E-state index >= 15 is 0 Å². The Balaban J connectivity index is 2.36. The summed E-state index contributed by atoms with van der Waals surface area (Å²) in [4.78, 5) is 4.49. The van der Waals surface area contributed by atoms with Crippen LogP contribution < -0.4 is 10.0 Å². The van der Waals surface area contributed by atoms with Crippen LogP contribution in [-0.4, -0.2) is 20.4 Å². The first-order chi connectivity index (χ1) is 9.85. The molecule has 0 saturated heterocycles. The first kappa shape index (κ1) is 15.9. The summed E-state index contributed by atoms with van der Waals surface area (Å²) >= 11 is 1.43. The number of sulfonamides is 1. The summed E-state index contributed by atoms with van der Waals surface area (Å²) in [5.74, 6) is 0. The molecule has 2 aromatic rings. The first-order valence-corrected chi connectivity index (χ1v) is 8.92. The van der Waals surface area contributed by atoms with Gasteiger partial charge in [-0.3, -0.25) is 0 Å². The first-order valence-electron chi connectivity index (χ1n) is 6.56. The van der Waals surface area contributed by atoms with Gasteiger partial charge in [-0.2, -0.15) is 0 Å². The van der Waals surface area contributed by atoms with Gasteiger partial charge in [-0.25, -0.2) is 18.1 Å². The smallest absolute Gasteiger partial charge is 0.241 e. The van der Waals surface area contributed by atoms with Gasteiger partial charge >= 0.3 is 0 Å². The van der Waals surface area contributed by atoms with Gasteiger partial charge in [-0.05, 0) is 44.0 Å². The Bertz CT molecular complexity index is 702. The molecule has 7 heteroatoms. The van der Waals surface area contributed by atoms with Gasteiger partial charge in [0.2, 0.25) is 10.0 Å². The minimum atomic E-state index is -3.58. The molecule has 0 saturated carbocycles. The van der Waals surface area contributed by atoms with Crippen molar-refractivity contribution in [1.82, 2.24) is 9.71 Å². The van der Waals surface area contributed by atoms with Gasteiger partial charge in [0.05, 0.1) is 10.9 Å². The number of thiazole rings is 1. The van der Waals surface area contributed by atoms with Crippen LogP contribution in [0.1, 0.15) is 29.1 Å². The molecule has 1 heterocycles. The van der Waals surface area contributed by atoms with Gasteiger partial charge in [0.25, 0.3) is 0 Å². The molecule has 114 valence electrons. The highest BCUT2D eigenvalue weighted by Gasteiger charge is 2.23. The van der Waals surface area contributed by atoms with Crippen LogP contribution >= 0.6 is 11.3 Å². The Morgan fingerprint density at radius 1 is 1.24 bits per heavy atom. The fraction of sp³-hybridized carbons (Fsp3) is 0.357. The van der Waals surface area contributed by atoms with Crippen molar-refractivity contribution in [2.24, 2.45) is 0 Å². The molecule has 0 bridgehead atoms. The van der Waals surface area contributed by atoms with Crippen molar-refractivity contribution in [2.45, 2.75) is 31.7 Å². The molecule has 2 N–H and O–H groups in total. The van der Waals surface area contributed by atoms with E-state index in [1.165, 1.54) is 11.3 Å². The summed E-state index contributed by atoms with van der Waals surface area (Å²) in [6.45, 7) is 5.40. The van der Waals surface area contributed by atoms with Crippen LogP contribution in [0.3, 0.4) is 0 Å². The lowest BCUT2D eigenvalue weighted by atomic mass is 10.1. The van der Waals surface area contributed by atoms with Crippen LogP contribution in [0.15, 0.2) is 28.6 Å². The maximum absolute atomic E-state index is 12.6. The van der Waals surface area contributed by atoms with Crippen LogP contribution in [0.4, 0.5) is 5.69 Å². The second-order valence-corrected chi connectivity index (χ2v) is 7.48. The molecule has 1 aromatic heterocycles. The number of nitrogens with one attached hydrogen (secondary N) is 2. The maximum atomic E-state index is 12.6. The van der Waals surface area contributed by atoms with Crippen LogP contribution in [-0.2, 0) is 10.0 Å². The minimum absolute atomic E-state index is 0.338. The lowest BCUT2D eigenvalue weighted by Crippen LogP contribution is -2.28. The number of benzene rings is 1. The summed E-state index contributed by atoms with van der Waals surface area (Å²) < 4.78 is 27.9. The van der Waals surface area contributed by atoms with E-state index in [1.54, 1.807) is 27.0 Å². The van der Waals surface area contributed by atoms with E-state index in [-0.39, 0.29) is 6.04 Å². The highest BCUT2D eigenvalue weighted by molar-refractivity contribution is 7.89. The van der Waals surface area contributed by atoms with Crippen molar-refractivity contribution in [1.29, 1.82) is 0 Å². The van der Waals surface area contributed by atoms with Crippen molar-refractivity contribution in [3.63, 3.8) is 0 Å². The van der Waals surface area contributed by atoms with E-state index in [4.69, 9.17) is 0 Å². The summed E-state index contributed by atoms with van der Waals surface area (Å²) in [5.41, 5.74) is 2.34.